The van der Waals surface area contributed by atoms with Crippen LogP contribution in [0.3, 0.4) is 0 Å². The molecular formula is C25H19ClFN3O3. The van der Waals surface area contributed by atoms with Crippen LogP contribution in [-0.2, 0) is 13.2 Å². The molecule has 1 heterocycles. The number of halogens is 2. The summed E-state index contributed by atoms with van der Waals surface area (Å²) in [7, 11) is 0. The first kappa shape index (κ1) is 22.2. The van der Waals surface area contributed by atoms with Crippen molar-refractivity contribution in [2.45, 2.75) is 13.2 Å². The van der Waals surface area contributed by atoms with Crippen molar-refractivity contribution in [1.29, 1.82) is 0 Å². The maximum Gasteiger partial charge on any atom is 0.271 e. The van der Waals surface area contributed by atoms with E-state index in [1.54, 1.807) is 48.5 Å². The van der Waals surface area contributed by atoms with Gasteiger partial charge < -0.3 is 10.1 Å². The van der Waals surface area contributed by atoms with Gasteiger partial charge in [0.05, 0.1) is 5.69 Å². The van der Waals surface area contributed by atoms with E-state index in [1.807, 2.05) is 12.1 Å². The summed E-state index contributed by atoms with van der Waals surface area (Å²) in [6.45, 7) is 0.446. The van der Waals surface area contributed by atoms with E-state index in [0.29, 0.717) is 28.4 Å². The van der Waals surface area contributed by atoms with Crippen molar-refractivity contribution in [3.63, 3.8) is 0 Å². The molecule has 0 unspecified atom stereocenters. The van der Waals surface area contributed by atoms with Crippen LogP contribution in [0, 0.1) is 5.82 Å². The zero-order valence-electron chi connectivity index (χ0n) is 17.4. The highest BCUT2D eigenvalue weighted by molar-refractivity contribution is 6.30. The van der Waals surface area contributed by atoms with Gasteiger partial charge in [0, 0.05) is 29.3 Å². The van der Waals surface area contributed by atoms with Crippen LogP contribution in [0.4, 0.5) is 4.39 Å². The summed E-state index contributed by atoms with van der Waals surface area (Å²) in [5.41, 5.74) is 2.09. The number of nitrogens with one attached hydrogen (secondary N) is 1. The molecule has 4 rings (SSSR count). The highest BCUT2D eigenvalue weighted by Crippen LogP contribution is 2.13. The number of benzene rings is 3. The van der Waals surface area contributed by atoms with E-state index < -0.39 is 0 Å². The monoisotopic (exact) mass is 463 g/mol. The molecule has 0 atom stereocenters. The Labute approximate surface area is 194 Å². The minimum Gasteiger partial charge on any atom is -0.472 e. The fraction of sp³-hybridized carbons (Fsp3) is 0.0800. The lowest BCUT2D eigenvalue weighted by Crippen LogP contribution is -2.23. The minimum absolute atomic E-state index is 0.106. The van der Waals surface area contributed by atoms with Crippen molar-refractivity contribution in [2.24, 2.45) is 0 Å². The first-order valence-electron chi connectivity index (χ1n) is 10.1. The molecule has 0 radical (unpaired) electrons. The fourth-order valence-electron chi connectivity index (χ4n) is 3.13. The van der Waals surface area contributed by atoms with E-state index in [2.05, 4.69) is 10.4 Å². The van der Waals surface area contributed by atoms with Crippen LogP contribution in [0.5, 0.6) is 5.88 Å². The number of amides is 1. The van der Waals surface area contributed by atoms with Crippen LogP contribution in [0.1, 0.15) is 21.5 Å². The predicted molar refractivity (Wildman–Crippen MR) is 123 cm³/mol. The summed E-state index contributed by atoms with van der Waals surface area (Å²) in [6.07, 6.45) is 0. The Hall–Kier alpha value is -3.97. The van der Waals surface area contributed by atoms with Crippen molar-refractivity contribution >= 4 is 17.5 Å². The van der Waals surface area contributed by atoms with Crippen LogP contribution < -0.4 is 15.6 Å². The Kier molecular flexibility index (Phi) is 6.80. The van der Waals surface area contributed by atoms with E-state index in [4.69, 9.17) is 16.3 Å². The average molecular weight is 464 g/mol. The van der Waals surface area contributed by atoms with Gasteiger partial charge in [-0.3, -0.25) is 9.59 Å². The molecule has 166 valence electrons. The van der Waals surface area contributed by atoms with E-state index in [0.717, 1.165) is 5.56 Å². The molecule has 0 aliphatic carbocycles. The van der Waals surface area contributed by atoms with E-state index in [9.17, 15) is 14.0 Å². The predicted octanol–water partition coefficient (Wildman–Crippen LogP) is 4.53. The van der Waals surface area contributed by atoms with Crippen molar-refractivity contribution in [1.82, 2.24) is 15.1 Å². The smallest absolute Gasteiger partial charge is 0.271 e. The first-order chi connectivity index (χ1) is 16.0. The number of carbonyl (C=O) groups excluding carboxylic acids is 1. The van der Waals surface area contributed by atoms with Gasteiger partial charge in [-0.2, -0.15) is 4.68 Å². The third-order valence-corrected chi connectivity index (χ3v) is 5.00. The third kappa shape index (κ3) is 5.84. The summed E-state index contributed by atoms with van der Waals surface area (Å²) < 4.78 is 20.1. The number of carbonyl (C=O) groups is 1. The van der Waals surface area contributed by atoms with Crippen molar-refractivity contribution in [2.75, 3.05) is 0 Å². The Balaban J connectivity index is 1.43. The molecule has 0 spiro atoms. The summed E-state index contributed by atoms with van der Waals surface area (Å²) in [5, 5.41) is 7.65. The zero-order chi connectivity index (χ0) is 23.2. The Morgan fingerprint density at radius 2 is 1.73 bits per heavy atom. The highest BCUT2D eigenvalue weighted by Gasteiger charge is 2.09. The fourth-order valence-corrected chi connectivity index (χ4v) is 3.34. The molecule has 0 saturated heterocycles. The van der Waals surface area contributed by atoms with E-state index >= 15 is 0 Å². The number of nitrogens with zero attached hydrogens (tertiary/aromatic N) is 2. The molecule has 0 saturated carbocycles. The third-order valence-electron chi connectivity index (χ3n) is 4.77. The molecule has 0 fully saturated rings. The largest absolute Gasteiger partial charge is 0.472 e. The minimum atomic E-state index is -0.356. The highest BCUT2D eigenvalue weighted by atomic mass is 35.5. The molecule has 1 N–H and O–H groups in total. The summed E-state index contributed by atoms with van der Waals surface area (Å²) in [4.78, 5) is 24.7. The van der Waals surface area contributed by atoms with Crippen LogP contribution in [0.15, 0.2) is 89.7 Å². The second-order valence-electron chi connectivity index (χ2n) is 7.20. The van der Waals surface area contributed by atoms with Crippen molar-refractivity contribution in [3.8, 4) is 11.6 Å². The SMILES string of the molecule is O=C(NCc1cccc(Cl)c1)c1ccc(-n2nc(OCc3cccc(F)c3)ccc2=O)cc1. The van der Waals surface area contributed by atoms with Gasteiger partial charge in [-0.25, -0.2) is 4.39 Å². The van der Waals surface area contributed by atoms with Crippen LogP contribution >= 0.6 is 11.6 Å². The van der Waals surface area contributed by atoms with Gasteiger partial charge in [0.15, 0.2) is 0 Å². The van der Waals surface area contributed by atoms with Gasteiger partial charge in [-0.15, -0.1) is 5.10 Å². The van der Waals surface area contributed by atoms with Gasteiger partial charge in [0.1, 0.15) is 12.4 Å². The lowest BCUT2D eigenvalue weighted by molar-refractivity contribution is 0.0951. The molecule has 0 bridgehead atoms. The van der Waals surface area contributed by atoms with Crippen LogP contribution in [0.2, 0.25) is 5.02 Å². The molecule has 6 nitrogen and oxygen atoms in total. The first-order valence-corrected chi connectivity index (χ1v) is 10.5. The van der Waals surface area contributed by atoms with Crippen LogP contribution in [-0.4, -0.2) is 15.7 Å². The second kappa shape index (κ2) is 10.1. The second-order valence-corrected chi connectivity index (χ2v) is 7.64. The average Bonchev–Trinajstić information content (AvgIpc) is 2.82. The number of ether oxygens (including phenoxy) is 1. The standard InChI is InChI=1S/C25H19ClFN3O3/c26-20-5-1-3-17(13-20)15-28-25(32)19-7-9-22(10-8-19)30-24(31)12-11-23(29-30)33-16-18-4-2-6-21(27)14-18/h1-14H,15-16H2,(H,28,32). The molecule has 1 aromatic heterocycles. The van der Waals surface area contributed by atoms with Gasteiger partial charge in [-0.1, -0.05) is 35.9 Å². The molecule has 1 amide bonds. The lowest BCUT2D eigenvalue weighted by Gasteiger charge is -2.10. The van der Waals surface area contributed by atoms with Crippen molar-refractivity contribution in [3.05, 3.63) is 123 Å². The van der Waals surface area contributed by atoms with Crippen LogP contribution in [0.25, 0.3) is 5.69 Å². The number of aromatic nitrogens is 2. The quantitative estimate of drug-likeness (QED) is 0.437. The van der Waals surface area contributed by atoms with Crippen molar-refractivity contribution < 1.29 is 13.9 Å². The Morgan fingerprint density at radius 1 is 0.970 bits per heavy atom. The molecular weight excluding hydrogens is 445 g/mol. The van der Waals surface area contributed by atoms with E-state index in [-0.39, 0.29) is 29.8 Å². The molecule has 0 aliphatic rings. The molecule has 8 heteroatoms. The summed E-state index contributed by atoms with van der Waals surface area (Å²) in [6, 6.07) is 22.5. The molecule has 0 aliphatic heterocycles. The van der Waals surface area contributed by atoms with Gasteiger partial charge in [-0.05, 0) is 59.7 Å². The lowest BCUT2D eigenvalue weighted by atomic mass is 10.1. The van der Waals surface area contributed by atoms with Gasteiger partial charge >= 0.3 is 0 Å². The Bertz CT molecular complexity index is 1340. The normalized spacial score (nSPS) is 10.6. The topological polar surface area (TPSA) is 73.2 Å². The van der Waals surface area contributed by atoms with Gasteiger partial charge in [0.2, 0.25) is 5.88 Å². The number of hydrogen-bond donors (Lipinski definition) is 1. The number of rotatable bonds is 7. The summed E-state index contributed by atoms with van der Waals surface area (Å²) in [5.74, 6) is -0.401. The molecule has 33 heavy (non-hydrogen) atoms. The molecule has 3 aromatic carbocycles. The maximum absolute atomic E-state index is 13.3. The Morgan fingerprint density at radius 3 is 2.48 bits per heavy atom. The summed E-state index contributed by atoms with van der Waals surface area (Å²) >= 11 is 5.96. The maximum atomic E-state index is 13.3. The molecule has 4 aromatic rings. The van der Waals surface area contributed by atoms with Gasteiger partial charge in [0.25, 0.3) is 11.5 Å². The zero-order valence-corrected chi connectivity index (χ0v) is 18.1. The van der Waals surface area contributed by atoms with E-state index in [1.165, 1.54) is 28.9 Å². The number of hydrogen-bond acceptors (Lipinski definition) is 4.